The van der Waals surface area contributed by atoms with E-state index in [2.05, 4.69) is 10.2 Å². The van der Waals surface area contributed by atoms with Crippen LogP contribution in [0.5, 0.6) is 11.5 Å². The van der Waals surface area contributed by atoms with Crippen molar-refractivity contribution in [1.82, 2.24) is 0 Å². The molecule has 0 spiro atoms. The fraction of sp³-hybridized carbons (Fsp3) is 0.0526. The molecule has 0 saturated heterocycles. The molecule has 7 nitrogen and oxygen atoms in total. The van der Waals surface area contributed by atoms with E-state index in [0.29, 0.717) is 17.4 Å². The largest absolute Gasteiger partial charge is 0.505 e. The number of carbonyl (C=O) groups excluding carboxylic acids is 2. The number of benzene rings is 3. The average Bonchev–Trinajstić information content (AvgIpc) is 2.66. The van der Waals surface area contributed by atoms with Gasteiger partial charge < -0.3 is 15.6 Å². The number of primary amides is 1. The van der Waals surface area contributed by atoms with Crippen LogP contribution in [0.25, 0.3) is 10.8 Å². The molecule has 0 aliphatic carbocycles. The number of hydrogen-bond acceptors (Lipinski definition) is 6. The van der Waals surface area contributed by atoms with Gasteiger partial charge in [-0.05, 0) is 23.6 Å². The van der Waals surface area contributed by atoms with Gasteiger partial charge in [-0.15, -0.1) is 10.2 Å². The molecule has 0 aliphatic heterocycles. The third-order valence-corrected chi connectivity index (χ3v) is 3.88. The highest BCUT2D eigenvalue weighted by Crippen LogP contribution is 2.39. The highest BCUT2D eigenvalue weighted by molar-refractivity contribution is 6.01. The summed E-state index contributed by atoms with van der Waals surface area (Å²) in [6.07, 6.45) is 0.543. The molecule has 26 heavy (non-hydrogen) atoms. The van der Waals surface area contributed by atoms with Crippen molar-refractivity contribution in [3.63, 3.8) is 0 Å². The molecule has 0 aliphatic rings. The highest BCUT2D eigenvalue weighted by atomic mass is 16.5. The number of ether oxygens (including phenoxy) is 1. The number of hydrogen-bond donors (Lipinski definition) is 2. The fourth-order valence-electron chi connectivity index (χ4n) is 2.56. The Bertz CT molecular complexity index is 1040. The minimum absolute atomic E-state index is 0.0958. The Labute approximate surface area is 148 Å². The predicted molar refractivity (Wildman–Crippen MR) is 96.7 cm³/mol. The minimum atomic E-state index is -0.669. The number of aldehydes is 1. The molecule has 7 heteroatoms. The second kappa shape index (κ2) is 7.02. The Balaban J connectivity index is 2.19. The number of carbonyl (C=O) groups is 2. The van der Waals surface area contributed by atoms with Crippen LogP contribution in [-0.4, -0.2) is 24.4 Å². The molecule has 0 atom stereocenters. The summed E-state index contributed by atoms with van der Waals surface area (Å²) in [5.74, 6) is -0.483. The van der Waals surface area contributed by atoms with Crippen LogP contribution in [0.15, 0.2) is 58.8 Å². The van der Waals surface area contributed by atoms with E-state index in [0.717, 1.165) is 5.39 Å². The molecule has 3 N–H and O–H groups in total. The molecule has 0 unspecified atom stereocenters. The number of aromatic hydroxyl groups is 1. The molecule has 0 bridgehead atoms. The molecule has 3 aromatic rings. The number of phenolic OH excluding ortho intramolecular Hbond substituents is 1. The molecule has 0 heterocycles. The Morgan fingerprint density at radius 3 is 2.62 bits per heavy atom. The molecule has 3 rings (SSSR count). The lowest BCUT2D eigenvalue weighted by Crippen LogP contribution is -2.10. The maximum atomic E-state index is 11.6. The van der Waals surface area contributed by atoms with Gasteiger partial charge in [0.05, 0.1) is 18.2 Å². The van der Waals surface area contributed by atoms with Crippen LogP contribution in [0.1, 0.15) is 20.7 Å². The van der Waals surface area contributed by atoms with E-state index in [1.54, 1.807) is 30.3 Å². The van der Waals surface area contributed by atoms with E-state index in [4.69, 9.17) is 10.5 Å². The minimum Gasteiger partial charge on any atom is -0.505 e. The summed E-state index contributed by atoms with van der Waals surface area (Å²) in [5, 5.41) is 19.8. The first-order valence-corrected chi connectivity index (χ1v) is 7.64. The van der Waals surface area contributed by atoms with Crippen molar-refractivity contribution in [3.8, 4) is 11.5 Å². The van der Waals surface area contributed by atoms with E-state index >= 15 is 0 Å². The van der Waals surface area contributed by atoms with Gasteiger partial charge in [0.1, 0.15) is 17.1 Å². The van der Waals surface area contributed by atoms with Crippen molar-refractivity contribution in [2.24, 2.45) is 16.0 Å². The van der Waals surface area contributed by atoms with Gasteiger partial charge in [0.15, 0.2) is 12.0 Å². The Morgan fingerprint density at radius 1 is 1.15 bits per heavy atom. The second-order valence-corrected chi connectivity index (χ2v) is 5.45. The molecule has 0 radical (unpaired) electrons. The van der Waals surface area contributed by atoms with Crippen LogP contribution < -0.4 is 10.5 Å². The van der Waals surface area contributed by atoms with Gasteiger partial charge in [-0.25, -0.2) is 0 Å². The number of phenols is 1. The Hall–Kier alpha value is -3.74. The Kier molecular flexibility index (Phi) is 4.62. The number of azo groups is 1. The van der Waals surface area contributed by atoms with Crippen molar-refractivity contribution < 1.29 is 19.4 Å². The van der Waals surface area contributed by atoms with Crippen molar-refractivity contribution in [1.29, 1.82) is 0 Å². The van der Waals surface area contributed by atoms with E-state index in [1.807, 2.05) is 6.07 Å². The van der Waals surface area contributed by atoms with E-state index in [9.17, 15) is 14.7 Å². The normalized spacial score (nSPS) is 11.0. The van der Waals surface area contributed by atoms with Crippen LogP contribution >= 0.6 is 0 Å². The van der Waals surface area contributed by atoms with Crippen molar-refractivity contribution in [3.05, 3.63) is 59.7 Å². The van der Waals surface area contributed by atoms with Gasteiger partial charge in [0.2, 0.25) is 0 Å². The zero-order valence-corrected chi connectivity index (χ0v) is 13.8. The molecular weight excluding hydrogens is 334 g/mol. The van der Waals surface area contributed by atoms with Gasteiger partial charge in [-0.2, -0.15) is 0 Å². The number of rotatable bonds is 5. The number of nitrogens with zero attached hydrogens (tertiary/aromatic N) is 2. The predicted octanol–water partition coefficient (Wildman–Crippen LogP) is 3.88. The van der Waals surface area contributed by atoms with Crippen LogP contribution in [0.3, 0.4) is 0 Å². The lowest BCUT2D eigenvalue weighted by Gasteiger charge is -2.07. The summed E-state index contributed by atoms with van der Waals surface area (Å²) in [4.78, 5) is 22.8. The third-order valence-electron chi connectivity index (χ3n) is 3.88. The number of amides is 1. The molecule has 3 aromatic carbocycles. The van der Waals surface area contributed by atoms with Crippen LogP contribution in [0.2, 0.25) is 0 Å². The lowest BCUT2D eigenvalue weighted by atomic mass is 10.0. The summed E-state index contributed by atoms with van der Waals surface area (Å²) in [6, 6.07) is 13.3. The van der Waals surface area contributed by atoms with E-state index in [1.165, 1.54) is 19.2 Å². The van der Waals surface area contributed by atoms with Crippen LogP contribution in [-0.2, 0) is 0 Å². The number of nitrogens with two attached hydrogens (primary N) is 1. The topological polar surface area (TPSA) is 114 Å². The zero-order valence-electron chi connectivity index (χ0n) is 13.8. The van der Waals surface area contributed by atoms with Crippen molar-refractivity contribution in [2.75, 3.05) is 7.11 Å². The summed E-state index contributed by atoms with van der Waals surface area (Å²) in [5.41, 5.74) is 5.94. The van der Waals surface area contributed by atoms with Crippen molar-refractivity contribution >= 4 is 34.3 Å². The van der Waals surface area contributed by atoms with Gasteiger partial charge in [0, 0.05) is 11.5 Å². The number of fused-ring (bicyclic) bond motifs is 1. The maximum Gasteiger partial charge on any atom is 0.250 e. The van der Waals surface area contributed by atoms with Crippen molar-refractivity contribution in [2.45, 2.75) is 0 Å². The summed E-state index contributed by atoms with van der Waals surface area (Å²) >= 11 is 0. The first kappa shape index (κ1) is 17.1. The average molecular weight is 349 g/mol. The summed E-state index contributed by atoms with van der Waals surface area (Å²) in [7, 11) is 1.48. The lowest BCUT2D eigenvalue weighted by molar-refractivity contribution is 0.100. The highest BCUT2D eigenvalue weighted by Gasteiger charge is 2.13. The zero-order chi connectivity index (χ0) is 18.7. The molecule has 0 saturated carbocycles. The standard InChI is InChI=1S/C19H15N3O4/c1-26-13-6-7-15(19(20)25)16(9-13)21-22-17-14-5-3-2-4-11(14)8-12(10-23)18(17)24/h2-10,24H,1H3,(H2,20,25)/b22-21+. The van der Waals surface area contributed by atoms with Gasteiger partial charge >= 0.3 is 0 Å². The number of methoxy groups -OCH3 is 1. The summed E-state index contributed by atoms with van der Waals surface area (Å²) in [6.45, 7) is 0. The van der Waals surface area contributed by atoms with E-state index in [-0.39, 0.29) is 28.3 Å². The molecule has 130 valence electrons. The quantitative estimate of drug-likeness (QED) is 0.537. The maximum absolute atomic E-state index is 11.6. The van der Waals surface area contributed by atoms with Gasteiger partial charge in [-0.1, -0.05) is 24.3 Å². The third kappa shape index (κ3) is 3.10. The fourth-order valence-corrected chi connectivity index (χ4v) is 2.56. The molecular formula is C19H15N3O4. The first-order valence-electron chi connectivity index (χ1n) is 7.64. The van der Waals surface area contributed by atoms with E-state index < -0.39 is 5.91 Å². The molecule has 1 amide bonds. The smallest absolute Gasteiger partial charge is 0.250 e. The molecule has 0 aromatic heterocycles. The SMILES string of the molecule is COc1ccc(C(N)=O)c(/N=N/c2c(O)c(C=O)cc3ccccc23)c1. The first-order chi connectivity index (χ1) is 12.5. The van der Waals surface area contributed by atoms with Crippen LogP contribution in [0.4, 0.5) is 11.4 Å². The van der Waals surface area contributed by atoms with Crippen LogP contribution in [0, 0.1) is 0 Å². The second-order valence-electron chi connectivity index (χ2n) is 5.45. The van der Waals surface area contributed by atoms with Gasteiger partial charge in [0.25, 0.3) is 5.91 Å². The monoisotopic (exact) mass is 349 g/mol. The van der Waals surface area contributed by atoms with Gasteiger partial charge in [-0.3, -0.25) is 9.59 Å². The molecule has 0 fully saturated rings. The summed E-state index contributed by atoms with van der Waals surface area (Å²) < 4.78 is 5.12. The Morgan fingerprint density at radius 2 is 1.92 bits per heavy atom.